The molecule has 0 radical (unpaired) electrons. The number of carbonyl (C=O) groups excluding carboxylic acids is 1. The van der Waals surface area contributed by atoms with Crippen LogP contribution in [0.4, 0.5) is 0 Å². The summed E-state index contributed by atoms with van der Waals surface area (Å²) in [4.78, 5) is 11.3. The summed E-state index contributed by atoms with van der Waals surface area (Å²) in [5.74, 6) is 0.725. The van der Waals surface area contributed by atoms with Crippen LogP contribution in [0.2, 0.25) is 0 Å². The Kier molecular flexibility index (Phi) is 4.90. The molecule has 2 unspecified atom stereocenters. The van der Waals surface area contributed by atoms with Gasteiger partial charge in [-0.15, -0.1) is 0 Å². The van der Waals surface area contributed by atoms with E-state index in [9.17, 15) is 4.79 Å². The third kappa shape index (κ3) is 4.07. The third-order valence-corrected chi connectivity index (χ3v) is 2.56. The van der Waals surface area contributed by atoms with Crippen molar-refractivity contribution in [2.24, 2.45) is 11.7 Å². The zero-order chi connectivity index (χ0) is 10.4. The summed E-state index contributed by atoms with van der Waals surface area (Å²) in [5, 5.41) is 2.96. The largest absolute Gasteiger partial charge is 0.370 e. The van der Waals surface area contributed by atoms with Gasteiger partial charge in [-0.05, 0) is 25.2 Å². The second kappa shape index (κ2) is 5.98. The highest BCUT2D eigenvalue weighted by atomic mass is 16.5. The molecule has 0 aromatic rings. The van der Waals surface area contributed by atoms with Crippen molar-refractivity contribution in [1.29, 1.82) is 0 Å². The molecule has 0 aromatic heterocycles. The smallest absolute Gasteiger partial charge is 0.246 e. The van der Waals surface area contributed by atoms with Crippen LogP contribution in [0.25, 0.3) is 0 Å². The molecule has 0 bridgehead atoms. The first kappa shape index (κ1) is 11.5. The second-order valence-corrected chi connectivity index (χ2v) is 4.02. The molecule has 0 heterocycles. The molecule has 1 aliphatic carbocycles. The first-order valence-corrected chi connectivity index (χ1v) is 5.29. The normalized spacial score (nSPS) is 26.4. The fourth-order valence-electron chi connectivity index (χ4n) is 1.86. The minimum absolute atomic E-state index is 0.0162. The Morgan fingerprint density at radius 3 is 2.93 bits per heavy atom. The summed E-state index contributed by atoms with van der Waals surface area (Å²) >= 11 is 0. The van der Waals surface area contributed by atoms with Crippen LogP contribution in [0.5, 0.6) is 0 Å². The molecule has 2 atom stereocenters. The van der Waals surface area contributed by atoms with E-state index in [1.807, 2.05) is 0 Å². The quantitative estimate of drug-likeness (QED) is 0.626. The maximum Gasteiger partial charge on any atom is 0.246 e. The molecule has 1 aliphatic rings. The van der Waals surface area contributed by atoms with Gasteiger partial charge in [0.2, 0.25) is 5.91 Å². The Balaban J connectivity index is 2.08. The van der Waals surface area contributed by atoms with Gasteiger partial charge in [0.1, 0.15) is 6.61 Å². The molecule has 1 amide bonds. The van der Waals surface area contributed by atoms with Gasteiger partial charge >= 0.3 is 0 Å². The topological polar surface area (TPSA) is 64.3 Å². The third-order valence-electron chi connectivity index (χ3n) is 2.56. The van der Waals surface area contributed by atoms with E-state index in [0.29, 0.717) is 19.2 Å². The monoisotopic (exact) mass is 200 g/mol. The van der Waals surface area contributed by atoms with Crippen LogP contribution in [0.1, 0.15) is 26.2 Å². The molecular formula is C10H20N2O2. The van der Waals surface area contributed by atoms with E-state index in [1.54, 1.807) is 0 Å². The molecule has 1 saturated carbocycles. The second-order valence-electron chi connectivity index (χ2n) is 4.02. The number of ether oxygens (including phenoxy) is 1. The van der Waals surface area contributed by atoms with Crippen molar-refractivity contribution in [2.45, 2.75) is 32.2 Å². The van der Waals surface area contributed by atoms with Crippen LogP contribution in [0, 0.1) is 5.92 Å². The van der Waals surface area contributed by atoms with Gasteiger partial charge < -0.3 is 15.8 Å². The van der Waals surface area contributed by atoms with Crippen molar-refractivity contribution in [3.63, 3.8) is 0 Å². The lowest BCUT2D eigenvalue weighted by molar-refractivity contribution is -0.126. The van der Waals surface area contributed by atoms with E-state index in [0.717, 1.165) is 18.8 Å². The Morgan fingerprint density at radius 1 is 1.57 bits per heavy atom. The molecule has 14 heavy (non-hydrogen) atoms. The van der Waals surface area contributed by atoms with Gasteiger partial charge in [-0.1, -0.05) is 6.92 Å². The standard InChI is InChI=1S/C10H20N2O2/c1-8-2-3-9(6-8)12-10(13)7-14-5-4-11/h8-9H,2-7,11H2,1H3,(H,12,13). The highest BCUT2D eigenvalue weighted by Crippen LogP contribution is 2.24. The predicted octanol–water partition coefficient (Wildman–Crippen LogP) is 0.267. The fraction of sp³-hybridized carbons (Fsp3) is 0.900. The molecule has 3 N–H and O–H groups in total. The van der Waals surface area contributed by atoms with Gasteiger partial charge in [0.05, 0.1) is 6.61 Å². The van der Waals surface area contributed by atoms with E-state index in [1.165, 1.54) is 6.42 Å². The summed E-state index contributed by atoms with van der Waals surface area (Å²) in [6.07, 6.45) is 3.42. The molecule has 0 saturated heterocycles. The minimum Gasteiger partial charge on any atom is -0.370 e. The Labute approximate surface area is 85.2 Å². The molecule has 0 aromatic carbocycles. The lowest BCUT2D eigenvalue weighted by Gasteiger charge is -2.12. The van der Waals surface area contributed by atoms with Gasteiger partial charge in [0, 0.05) is 12.6 Å². The van der Waals surface area contributed by atoms with E-state index in [4.69, 9.17) is 10.5 Å². The molecule has 0 aliphatic heterocycles. The minimum atomic E-state index is -0.0162. The Hall–Kier alpha value is -0.610. The van der Waals surface area contributed by atoms with Gasteiger partial charge in [-0.3, -0.25) is 4.79 Å². The van der Waals surface area contributed by atoms with E-state index < -0.39 is 0 Å². The van der Waals surface area contributed by atoms with Crippen LogP contribution < -0.4 is 11.1 Å². The average molecular weight is 200 g/mol. The van der Waals surface area contributed by atoms with Gasteiger partial charge in [0.25, 0.3) is 0 Å². The fourth-order valence-corrected chi connectivity index (χ4v) is 1.86. The van der Waals surface area contributed by atoms with Crippen molar-refractivity contribution in [1.82, 2.24) is 5.32 Å². The first-order chi connectivity index (χ1) is 6.72. The predicted molar refractivity (Wildman–Crippen MR) is 54.8 cm³/mol. The maximum atomic E-state index is 11.3. The van der Waals surface area contributed by atoms with Crippen molar-refractivity contribution in [3.8, 4) is 0 Å². The van der Waals surface area contributed by atoms with Crippen molar-refractivity contribution in [3.05, 3.63) is 0 Å². The number of hydrogen-bond donors (Lipinski definition) is 2. The summed E-state index contributed by atoms with van der Waals surface area (Å²) in [5.41, 5.74) is 5.24. The summed E-state index contributed by atoms with van der Waals surface area (Å²) in [6, 6.07) is 0.360. The average Bonchev–Trinajstić information content (AvgIpc) is 2.52. The van der Waals surface area contributed by atoms with Crippen molar-refractivity contribution >= 4 is 5.91 Å². The molecule has 1 fully saturated rings. The van der Waals surface area contributed by atoms with E-state index >= 15 is 0 Å². The van der Waals surface area contributed by atoms with Crippen LogP contribution in [-0.4, -0.2) is 31.7 Å². The van der Waals surface area contributed by atoms with Crippen LogP contribution in [-0.2, 0) is 9.53 Å². The molecule has 82 valence electrons. The van der Waals surface area contributed by atoms with Crippen molar-refractivity contribution < 1.29 is 9.53 Å². The Morgan fingerprint density at radius 2 is 2.36 bits per heavy atom. The number of nitrogens with two attached hydrogens (primary N) is 1. The Bertz CT molecular complexity index is 185. The molecule has 4 nitrogen and oxygen atoms in total. The molecule has 1 rings (SSSR count). The SMILES string of the molecule is CC1CCC(NC(=O)COCCN)C1. The number of nitrogens with one attached hydrogen (secondary N) is 1. The number of rotatable bonds is 5. The number of amides is 1. The van der Waals surface area contributed by atoms with Crippen LogP contribution >= 0.6 is 0 Å². The number of carbonyl (C=O) groups is 1. The maximum absolute atomic E-state index is 11.3. The van der Waals surface area contributed by atoms with E-state index in [2.05, 4.69) is 12.2 Å². The highest BCUT2D eigenvalue weighted by molar-refractivity contribution is 5.77. The number of hydrogen-bond acceptors (Lipinski definition) is 3. The summed E-state index contributed by atoms with van der Waals surface area (Å²) in [7, 11) is 0. The molecular weight excluding hydrogens is 180 g/mol. The zero-order valence-corrected chi connectivity index (χ0v) is 8.79. The zero-order valence-electron chi connectivity index (χ0n) is 8.79. The lowest BCUT2D eigenvalue weighted by Crippen LogP contribution is -2.36. The first-order valence-electron chi connectivity index (χ1n) is 5.29. The highest BCUT2D eigenvalue weighted by Gasteiger charge is 2.22. The van der Waals surface area contributed by atoms with Gasteiger partial charge in [-0.2, -0.15) is 0 Å². The van der Waals surface area contributed by atoms with Crippen LogP contribution in [0.15, 0.2) is 0 Å². The molecule has 0 spiro atoms. The molecule has 4 heteroatoms. The van der Waals surface area contributed by atoms with Crippen LogP contribution in [0.3, 0.4) is 0 Å². The van der Waals surface area contributed by atoms with Gasteiger partial charge in [0.15, 0.2) is 0 Å². The lowest BCUT2D eigenvalue weighted by atomic mass is 10.1. The van der Waals surface area contributed by atoms with E-state index in [-0.39, 0.29) is 12.5 Å². The van der Waals surface area contributed by atoms with Gasteiger partial charge in [-0.25, -0.2) is 0 Å². The summed E-state index contributed by atoms with van der Waals surface area (Å²) < 4.78 is 5.04. The van der Waals surface area contributed by atoms with Crippen molar-refractivity contribution in [2.75, 3.05) is 19.8 Å². The summed E-state index contributed by atoms with van der Waals surface area (Å²) in [6.45, 7) is 3.28.